The van der Waals surface area contributed by atoms with Gasteiger partial charge in [-0.25, -0.2) is 0 Å². The van der Waals surface area contributed by atoms with Gasteiger partial charge in [0.05, 0.1) is 18.0 Å². The van der Waals surface area contributed by atoms with Gasteiger partial charge in [0.15, 0.2) is 11.5 Å². The van der Waals surface area contributed by atoms with E-state index in [1.54, 1.807) is 31.6 Å². The predicted molar refractivity (Wildman–Crippen MR) is 99.7 cm³/mol. The van der Waals surface area contributed by atoms with Crippen LogP contribution in [0.1, 0.15) is 16.0 Å². The van der Waals surface area contributed by atoms with Crippen LogP contribution in [-0.4, -0.2) is 31.6 Å². The van der Waals surface area contributed by atoms with Gasteiger partial charge in [-0.05, 0) is 63.8 Å². The largest absolute Gasteiger partial charge is 0.493 e. The summed E-state index contributed by atoms with van der Waals surface area (Å²) < 4.78 is 11.8. The average molecular weight is 408 g/mol. The number of nitrogens with zero attached hydrogens (tertiary/aromatic N) is 1. The van der Waals surface area contributed by atoms with Crippen molar-refractivity contribution >= 4 is 39.2 Å². The van der Waals surface area contributed by atoms with Crippen LogP contribution in [-0.2, 0) is 17.8 Å². The number of thiophene rings is 1. The Morgan fingerprint density at radius 3 is 2.54 bits per heavy atom. The minimum absolute atomic E-state index is 0.0277. The molecule has 1 aliphatic rings. The first kappa shape index (κ1) is 17.0. The molecule has 1 aromatic carbocycles. The highest BCUT2D eigenvalue weighted by Gasteiger charge is 2.21. The van der Waals surface area contributed by atoms with Crippen molar-refractivity contribution in [2.45, 2.75) is 13.0 Å². The lowest BCUT2D eigenvalue weighted by molar-refractivity contribution is -0.126. The second-order valence-corrected chi connectivity index (χ2v) is 7.96. The normalized spacial score (nSPS) is 13.9. The molecule has 3 rings (SSSR count). The van der Waals surface area contributed by atoms with E-state index in [0.717, 1.165) is 26.4 Å². The molecule has 4 nitrogen and oxygen atoms in total. The summed E-state index contributed by atoms with van der Waals surface area (Å²) in [7, 11) is 3.26. The molecule has 0 N–H and O–H groups in total. The average Bonchev–Trinajstić information content (AvgIpc) is 3.03. The molecule has 0 saturated heterocycles. The summed E-state index contributed by atoms with van der Waals surface area (Å²) >= 11 is 5.03. The topological polar surface area (TPSA) is 38.8 Å². The summed E-state index contributed by atoms with van der Waals surface area (Å²) in [6, 6.07) is 7.94. The standard InChI is InChI=1S/C18H18BrNO3S/c1-22-15-9-12-7-8-20(11-13(12)10-16(15)23-2)18(21)6-4-14-3-5-17(19)24-14/h3-6,9-10H,7-8,11H2,1-2H3. The number of benzene rings is 1. The molecular formula is C18H18BrNO3S. The van der Waals surface area contributed by atoms with Gasteiger partial charge in [0, 0.05) is 24.0 Å². The van der Waals surface area contributed by atoms with Crippen LogP contribution in [0, 0.1) is 0 Å². The zero-order valence-electron chi connectivity index (χ0n) is 13.5. The number of carbonyl (C=O) groups is 1. The molecule has 0 aliphatic carbocycles. The first-order valence-electron chi connectivity index (χ1n) is 7.57. The van der Waals surface area contributed by atoms with E-state index in [0.29, 0.717) is 18.8 Å². The second kappa shape index (κ2) is 7.40. The van der Waals surface area contributed by atoms with Crippen molar-refractivity contribution in [2.24, 2.45) is 0 Å². The smallest absolute Gasteiger partial charge is 0.246 e. The second-order valence-electron chi connectivity index (χ2n) is 5.46. The lowest BCUT2D eigenvalue weighted by atomic mass is 9.98. The lowest BCUT2D eigenvalue weighted by Gasteiger charge is -2.28. The van der Waals surface area contributed by atoms with Crippen molar-refractivity contribution in [3.8, 4) is 11.5 Å². The van der Waals surface area contributed by atoms with Crippen LogP contribution in [0.3, 0.4) is 0 Å². The molecule has 0 spiro atoms. The molecule has 6 heteroatoms. The molecule has 0 fully saturated rings. The summed E-state index contributed by atoms with van der Waals surface area (Å²) in [5.74, 6) is 1.46. The third kappa shape index (κ3) is 3.65. The van der Waals surface area contributed by atoms with E-state index in [1.165, 1.54) is 5.56 Å². The van der Waals surface area contributed by atoms with Crippen molar-refractivity contribution in [3.63, 3.8) is 0 Å². The fourth-order valence-electron chi connectivity index (χ4n) is 2.75. The van der Waals surface area contributed by atoms with Gasteiger partial charge in [0.1, 0.15) is 0 Å². The van der Waals surface area contributed by atoms with Crippen LogP contribution in [0.15, 0.2) is 34.1 Å². The minimum atomic E-state index is 0.0277. The van der Waals surface area contributed by atoms with Gasteiger partial charge < -0.3 is 14.4 Å². The molecule has 1 amide bonds. The molecule has 1 aliphatic heterocycles. The van der Waals surface area contributed by atoms with E-state index in [1.807, 2.05) is 35.2 Å². The molecule has 0 atom stereocenters. The van der Waals surface area contributed by atoms with E-state index in [4.69, 9.17) is 9.47 Å². The van der Waals surface area contributed by atoms with Gasteiger partial charge >= 0.3 is 0 Å². The fourth-order valence-corrected chi connectivity index (χ4v) is 4.07. The van der Waals surface area contributed by atoms with Crippen molar-refractivity contribution in [2.75, 3.05) is 20.8 Å². The number of rotatable bonds is 4. The summed E-state index contributed by atoms with van der Waals surface area (Å²) in [6.07, 6.45) is 4.33. The van der Waals surface area contributed by atoms with Gasteiger partial charge in [-0.3, -0.25) is 4.79 Å². The van der Waals surface area contributed by atoms with Crippen molar-refractivity contribution < 1.29 is 14.3 Å². The van der Waals surface area contributed by atoms with Crippen LogP contribution in [0.4, 0.5) is 0 Å². The molecule has 24 heavy (non-hydrogen) atoms. The molecule has 0 saturated carbocycles. The van der Waals surface area contributed by atoms with E-state index < -0.39 is 0 Å². The molecule has 1 aromatic heterocycles. The summed E-state index contributed by atoms with van der Waals surface area (Å²) in [6.45, 7) is 1.30. The fraction of sp³-hybridized carbons (Fsp3) is 0.278. The third-order valence-corrected chi connectivity index (χ3v) is 5.60. The zero-order chi connectivity index (χ0) is 17.1. The number of carbonyl (C=O) groups excluding carboxylic acids is 1. The van der Waals surface area contributed by atoms with E-state index >= 15 is 0 Å². The number of hydrogen-bond donors (Lipinski definition) is 0. The molecule has 2 heterocycles. The Labute approximate surface area is 153 Å². The Hall–Kier alpha value is -1.79. The van der Waals surface area contributed by atoms with Crippen LogP contribution < -0.4 is 9.47 Å². The monoisotopic (exact) mass is 407 g/mol. The molecular weight excluding hydrogens is 390 g/mol. The number of amides is 1. The molecule has 2 aromatic rings. The van der Waals surface area contributed by atoms with Crippen LogP contribution in [0.2, 0.25) is 0 Å². The van der Waals surface area contributed by atoms with Crippen molar-refractivity contribution in [1.29, 1.82) is 0 Å². The molecule has 0 bridgehead atoms. The Kier molecular flexibility index (Phi) is 5.26. The lowest BCUT2D eigenvalue weighted by Crippen LogP contribution is -2.34. The summed E-state index contributed by atoms with van der Waals surface area (Å²) in [4.78, 5) is 15.4. The maximum absolute atomic E-state index is 12.4. The van der Waals surface area contributed by atoms with Gasteiger partial charge in [0.25, 0.3) is 0 Å². The molecule has 0 radical (unpaired) electrons. The zero-order valence-corrected chi connectivity index (χ0v) is 15.9. The third-order valence-electron chi connectivity index (χ3n) is 4.01. The van der Waals surface area contributed by atoms with Crippen LogP contribution >= 0.6 is 27.3 Å². The quantitative estimate of drug-likeness (QED) is 0.715. The summed E-state index contributed by atoms with van der Waals surface area (Å²) in [5, 5.41) is 0. The SMILES string of the molecule is COc1cc2c(cc1OC)CN(C(=O)C=Cc1ccc(Br)s1)CC2. The summed E-state index contributed by atoms with van der Waals surface area (Å²) in [5.41, 5.74) is 2.32. The maximum Gasteiger partial charge on any atom is 0.246 e. The number of hydrogen-bond acceptors (Lipinski definition) is 4. The van der Waals surface area contributed by atoms with E-state index in [9.17, 15) is 4.79 Å². The minimum Gasteiger partial charge on any atom is -0.493 e. The highest BCUT2D eigenvalue weighted by atomic mass is 79.9. The van der Waals surface area contributed by atoms with Gasteiger partial charge in [-0.2, -0.15) is 0 Å². The number of ether oxygens (including phenoxy) is 2. The van der Waals surface area contributed by atoms with Gasteiger partial charge in [0.2, 0.25) is 5.91 Å². The highest BCUT2D eigenvalue weighted by Crippen LogP contribution is 2.33. The number of halogens is 1. The van der Waals surface area contributed by atoms with Crippen LogP contribution in [0.25, 0.3) is 6.08 Å². The molecule has 0 unspecified atom stereocenters. The Bertz CT molecular complexity index is 785. The number of fused-ring (bicyclic) bond motifs is 1. The maximum atomic E-state index is 12.4. The first-order valence-corrected chi connectivity index (χ1v) is 9.17. The van der Waals surface area contributed by atoms with Gasteiger partial charge in [-0.15, -0.1) is 11.3 Å². The predicted octanol–water partition coefficient (Wildman–Crippen LogP) is 4.13. The molecule has 126 valence electrons. The van der Waals surface area contributed by atoms with Crippen molar-refractivity contribution in [3.05, 3.63) is 50.1 Å². The Morgan fingerprint density at radius 1 is 1.21 bits per heavy atom. The number of methoxy groups -OCH3 is 2. The first-order chi connectivity index (χ1) is 11.6. The van der Waals surface area contributed by atoms with Crippen molar-refractivity contribution in [1.82, 2.24) is 4.90 Å². The highest BCUT2D eigenvalue weighted by molar-refractivity contribution is 9.11. The van der Waals surface area contributed by atoms with Crippen LogP contribution in [0.5, 0.6) is 11.5 Å². The Balaban J connectivity index is 1.74. The Morgan fingerprint density at radius 2 is 1.92 bits per heavy atom. The van der Waals surface area contributed by atoms with E-state index in [2.05, 4.69) is 15.9 Å². The van der Waals surface area contributed by atoms with Gasteiger partial charge in [-0.1, -0.05) is 0 Å². The van der Waals surface area contributed by atoms with E-state index in [-0.39, 0.29) is 5.91 Å².